The largest absolute Gasteiger partial charge is 0.493 e. The summed E-state index contributed by atoms with van der Waals surface area (Å²) in [4.78, 5) is 2.51. The molecule has 0 radical (unpaired) electrons. The molecule has 1 aromatic rings. The Hall–Kier alpha value is -1.75. The van der Waals surface area contributed by atoms with Crippen molar-refractivity contribution >= 4 is 5.71 Å². The van der Waals surface area contributed by atoms with Gasteiger partial charge in [0.05, 0.1) is 19.8 Å². The molecule has 1 N–H and O–H groups in total. The van der Waals surface area contributed by atoms with Gasteiger partial charge < -0.3 is 19.8 Å². The van der Waals surface area contributed by atoms with Gasteiger partial charge >= 0.3 is 0 Å². The molecule has 2 unspecified atom stereocenters. The number of benzene rings is 1. The molecule has 0 bridgehead atoms. The molecule has 0 spiro atoms. The number of piperidine rings is 1. The Morgan fingerprint density at radius 3 is 2.85 bits per heavy atom. The van der Waals surface area contributed by atoms with Crippen LogP contribution in [0.5, 0.6) is 11.5 Å². The first kappa shape index (κ1) is 19.0. The minimum Gasteiger partial charge on any atom is -0.493 e. The number of nitrogens with one attached hydrogen (secondary N) is 1. The van der Waals surface area contributed by atoms with Gasteiger partial charge in [0.25, 0.3) is 0 Å². The van der Waals surface area contributed by atoms with E-state index in [-0.39, 0.29) is 6.04 Å². The molecule has 2 aliphatic rings. The van der Waals surface area contributed by atoms with E-state index in [1.165, 1.54) is 30.5 Å². The van der Waals surface area contributed by atoms with E-state index in [4.69, 9.17) is 9.47 Å². The van der Waals surface area contributed by atoms with Gasteiger partial charge in [-0.15, -0.1) is 0 Å². The summed E-state index contributed by atoms with van der Waals surface area (Å²) in [5, 5.41) is 4.61. The van der Waals surface area contributed by atoms with E-state index < -0.39 is 0 Å². The predicted molar refractivity (Wildman–Crippen MR) is 106 cm³/mol. The minimum atomic E-state index is 0.229. The summed E-state index contributed by atoms with van der Waals surface area (Å²) in [6, 6.07) is 6.55. The zero-order valence-corrected chi connectivity index (χ0v) is 16.5. The lowest BCUT2D eigenvalue weighted by Gasteiger charge is -2.32. The van der Waals surface area contributed by atoms with Gasteiger partial charge in [0.1, 0.15) is 0 Å². The fourth-order valence-electron chi connectivity index (χ4n) is 3.91. The van der Waals surface area contributed by atoms with Crippen LogP contribution in [-0.2, 0) is 0 Å². The number of likely N-dealkylation sites (tertiary alicyclic amines) is 1. The fraction of sp³-hybridized carbons (Fsp3) is 0.667. The van der Waals surface area contributed by atoms with Crippen molar-refractivity contribution in [3.63, 3.8) is 0 Å². The Labute approximate surface area is 157 Å². The molecule has 1 saturated heterocycles. The van der Waals surface area contributed by atoms with Crippen molar-refractivity contribution in [1.82, 2.24) is 10.3 Å². The molecular formula is C21H33N3O2. The molecule has 2 atom stereocenters. The molecule has 1 aromatic carbocycles. The number of ether oxygens (including phenoxy) is 2. The van der Waals surface area contributed by atoms with Gasteiger partial charge in [-0.25, -0.2) is 0 Å². The van der Waals surface area contributed by atoms with Crippen LogP contribution in [0.1, 0.15) is 57.6 Å². The molecule has 0 aliphatic carbocycles. The number of methoxy groups -OCH3 is 1. The van der Waals surface area contributed by atoms with Crippen LogP contribution in [0.3, 0.4) is 0 Å². The standard InChI is InChI=1S/C21H33N3O2/c1-4-6-7-8-13-26-19-10-9-16(14-20(19)25-3)21-17-15-24(5-2)12-11-18(17)22-23-21/h9-10,14,17,21,23H,4-8,11-13,15H2,1-3H3. The van der Waals surface area contributed by atoms with Crippen LogP contribution in [0, 0.1) is 5.92 Å². The van der Waals surface area contributed by atoms with E-state index >= 15 is 0 Å². The molecule has 2 heterocycles. The number of hydrogen-bond acceptors (Lipinski definition) is 5. The molecule has 1 fully saturated rings. The van der Waals surface area contributed by atoms with Gasteiger partial charge in [0, 0.05) is 31.1 Å². The zero-order valence-electron chi connectivity index (χ0n) is 16.5. The Balaban J connectivity index is 1.65. The van der Waals surface area contributed by atoms with Crippen LogP contribution in [0.4, 0.5) is 0 Å². The molecule has 5 heteroatoms. The van der Waals surface area contributed by atoms with Crippen molar-refractivity contribution in [1.29, 1.82) is 0 Å². The van der Waals surface area contributed by atoms with E-state index in [0.717, 1.165) is 50.6 Å². The van der Waals surface area contributed by atoms with Crippen molar-refractivity contribution in [2.75, 3.05) is 33.4 Å². The lowest BCUT2D eigenvalue weighted by molar-refractivity contribution is 0.238. The number of nitrogens with zero attached hydrogens (tertiary/aromatic N) is 2. The SMILES string of the molecule is CCCCCCOc1ccc(C2NN=C3CCN(CC)CC32)cc1OC. The lowest BCUT2D eigenvalue weighted by atomic mass is 9.86. The molecule has 3 rings (SSSR count). The maximum atomic E-state index is 5.95. The Bertz CT molecular complexity index is 617. The monoisotopic (exact) mass is 359 g/mol. The van der Waals surface area contributed by atoms with E-state index in [9.17, 15) is 0 Å². The first-order valence-corrected chi connectivity index (χ1v) is 10.1. The average Bonchev–Trinajstić information content (AvgIpc) is 3.11. The van der Waals surface area contributed by atoms with Crippen LogP contribution < -0.4 is 14.9 Å². The maximum absolute atomic E-state index is 5.95. The second kappa shape index (κ2) is 9.26. The molecule has 144 valence electrons. The molecule has 2 aliphatic heterocycles. The van der Waals surface area contributed by atoms with Crippen molar-refractivity contribution < 1.29 is 9.47 Å². The van der Waals surface area contributed by atoms with E-state index in [2.05, 4.69) is 41.4 Å². The molecule has 26 heavy (non-hydrogen) atoms. The second-order valence-corrected chi connectivity index (χ2v) is 7.28. The van der Waals surface area contributed by atoms with Gasteiger partial charge in [-0.05, 0) is 30.7 Å². The average molecular weight is 360 g/mol. The third kappa shape index (κ3) is 4.32. The van der Waals surface area contributed by atoms with Gasteiger partial charge in [-0.2, -0.15) is 5.10 Å². The van der Waals surface area contributed by atoms with Gasteiger partial charge in [0.15, 0.2) is 11.5 Å². The van der Waals surface area contributed by atoms with Gasteiger partial charge in [-0.3, -0.25) is 0 Å². The number of hydrazone groups is 1. The molecular weight excluding hydrogens is 326 g/mol. The van der Waals surface area contributed by atoms with Crippen LogP contribution in [0.2, 0.25) is 0 Å². The summed E-state index contributed by atoms with van der Waals surface area (Å²) in [5.74, 6) is 2.11. The van der Waals surface area contributed by atoms with Crippen molar-refractivity contribution in [2.24, 2.45) is 11.0 Å². The van der Waals surface area contributed by atoms with E-state index in [1.54, 1.807) is 7.11 Å². The topological polar surface area (TPSA) is 46.1 Å². The van der Waals surface area contributed by atoms with Crippen molar-refractivity contribution in [3.8, 4) is 11.5 Å². The van der Waals surface area contributed by atoms with Gasteiger partial charge in [0.2, 0.25) is 0 Å². The van der Waals surface area contributed by atoms with Crippen LogP contribution in [-0.4, -0.2) is 44.0 Å². The summed E-state index contributed by atoms with van der Waals surface area (Å²) in [6.07, 6.45) is 5.89. The summed E-state index contributed by atoms with van der Waals surface area (Å²) in [5.41, 5.74) is 5.90. The van der Waals surface area contributed by atoms with Crippen molar-refractivity contribution in [3.05, 3.63) is 23.8 Å². The lowest BCUT2D eigenvalue weighted by Crippen LogP contribution is -2.41. The van der Waals surface area contributed by atoms with E-state index in [0.29, 0.717) is 5.92 Å². The predicted octanol–water partition coefficient (Wildman–Crippen LogP) is 4.00. The first-order chi connectivity index (χ1) is 12.8. The highest BCUT2D eigenvalue weighted by Crippen LogP contribution is 2.36. The molecule has 5 nitrogen and oxygen atoms in total. The fourth-order valence-corrected chi connectivity index (χ4v) is 3.91. The Morgan fingerprint density at radius 2 is 2.08 bits per heavy atom. The normalized spacial score (nSPS) is 22.5. The summed E-state index contributed by atoms with van der Waals surface area (Å²) in [6.45, 7) is 8.50. The highest BCUT2D eigenvalue weighted by atomic mass is 16.5. The summed E-state index contributed by atoms with van der Waals surface area (Å²) < 4.78 is 11.6. The maximum Gasteiger partial charge on any atom is 0.161 e. The molecule has 0 saturated carbocycles. The highest BCUT2D eigenvalue weighted by Gasteiger charge is 2.36. The number of rotatable bonds is 9. The third-order valence-corrected chi connectivity index (χ3v) is 5.57. The number of hydrogen-bond donors (Lipinski definition) is 1. The summed E-state index contributed by atoms with van der Waals surface area (Å²) in [7, 11) is 1.71. The van der Waals surface area contributed by atoms with Crippen LogP contribution in [0.15, 0.2) is 23.3 Å². The van der Waals surface area contributed by atoms with E-state index in [1.807, 2.05) is 6.07 Å². The number of fused-ring (bicyclic) bond motifs is 1. The van der Waals surface area contributed by atoms with Crippen LogP contribution in [0.25, 0.3) is 0 Å². The minimum absolute atomic E-state index is 0.229. The molecule has 0 amide bonds. The molecule has 0 aromatic heterocycles. The Morgan fingerprint density at radius 1 is 1.19 bits per heavy atom. The van der Waals surface area contributed by atoms with Gasteiger partial charge in [-0.1, -0.05) is 39.2 Å². The zero-order chi connectivity index (χ0) is 18.4. The first-order valence-electron chi connectivity index (χ1n) is 10.1. The second-order valence-electron chi connectivity index (χ2n) is 7.28. The quantitative estimate of drug-likeness (QED) is 0.677. The smallest absolute Gasteiger partial charge is 0.161 e. The van der Waals surface area contributed by atoms with Crippen LogP contribution >= 0.6 is 0 Å². The third-order valence-electron chi connectivity index (χ3n) is 5.57. The number of unbranched alkanes of at least 4 members (excludes halogenated alkanes) is 3. The van der Waals surface area contributed by atoms with Crippen molar-refractivity contribution in [2.45, 2.75) is 52.0 Å². The summed E-state index contributed by atoms with van der Waals surface area (Å²) >= 11 is 0. The highest BCUT2D eigenvalue weighted by molar-refractivity contribution is 5.90. The Kier molecular flexibility index (Phi) is 6.78.